The van der Waals surface area contributed by atoms with Gasteiger partial charge in [-0.15, -0.1) is 0 Å². The monoisotopic (exact) mass is 492 g/mol. The number of halogens is 2. The number of nitrogens with zero attached hydrogens (tertiary/aromatic N) is 2. The molecule has 4 rings (SSSR count). The summed E-state index contributed by atoms with van der Waals surface area (Å²) in [5.41, 5.74) is 2.41. The number of aryl methyl sites for hydroxylation is 1. The van der Waals surface area contributed by atoms with Crippen molar-refractivity contribution in [2.75, 3.05) is 11.1 Å². The molecule has 2 aromatic carbocycles. The maximum Gasteiger partial charge on any atom is 0.271 e. The Hall–Kier alpha value is -2.53. The Balaban J connectivity index is 1.58. The van der Waals surface area contributed by atoms with Gasteiger partial charge >= 0.3 is 0 Å². The Morgan fingerprint density at radius 3 is 2.77 bits per heavy atom. The van der Waals surface area contributed by atoms with Crippen molar-refractivity contribution < 1.29 is 9.18 Å². The molecule has 0 atom stereocenters. The zero-order valence-electron chi connectivity index (χ0n) is 15.9. The molecule has 1 amide bonds. The van der Waals surface area contributed by atoms with E-state index in [2.05, 4.69) is 15.3 Å². The minimum absolute atomic E-state index is 0.0150. The Bertz CT molecular complexity index is 1410. The summed E-state index contributed by atoms with van der Waals surface area (Å²) in [6.45, 7) is 1.98. The van der Waals surface area contributed by atoms with Crippen LogP contribution < -0.4 is 10.9 Å². The SMILES string of the molecule is Cc1ccc(-n2c(=S)sc3c(=O)[nH]c(SCC(=O)Nc4ccc(F)c(Cl)c4)nc32)cc1. The van der Waals surface area contributed by atoms with Crippen LogP contribution in [0.25, 0.3) is 16.0 Å². The Labute approximate surface area is 194 Å². The number of aromatic amines is 1. The number of amides is 1. The fraction of sp³-hybridized carbons (Fsp3) is 0.100. The average Bonchev–Trinajstić information content (AvgIpc) is 3.06. The maximum absolute atomic E-state index is 13.2. The van der Waals surface area contributed by atoms with Crippen molar-refractivity contribution in [1.29, 1.82) is 0 Å². The van der Waals surface area contributed by atoms with E-state index in [0.717, 1.165) is 23.0 Å². The van der Waals surface area contributed by atoms with Gasteiger partial charge in [-0.05, 0) is 49.5 Å². The van der Waals surface area contributed by atoms with Gasteiger partial charge in [0.05, 0.1) is 10.8 Å². The lowest BCUT2D eigenvalue weighted by molar-refractivity contribution is -0.113. The molecule has 0 aliphatic rings. The predicted octanol–water partition coefficient (Wildman–Crippen LogP) is 5.34. The summed E-state index contributed by atoms with van der Waals surface area (Å²) >= 11 is 13.4. The largest absolute Gasteiger partial charge is 0.325 e. The zero-order valence-corrected chi connectivity index (χ0v) is 19.1. The van der Waals surface area contributed by atoms with Crippen molar-refractivity contribution in [1.82, 2.24) is 14.5 Å². The van der Waals surface area contributed by atoms with Crippen LogP contribution >= 0.6 is 46.9 Å². The quantitative estimate of drug-likeness (QED) is 0.223. The second-order valence-corrected chi connectivity index (χ2v) is 9.54. The van der Waals surface area contributed by atoms with Crippen LogP contribution in [0.1, 0.15) is 5.56 Å². The molecule has 2 aromatic heterocycles. The standard InChI is InChI=1S/C20H14ClFN4O2S3/c1-10-2-5-12(6-3-10)26-17-16(31-20(26)29)18(28)25-19(24-17)30-9-15(27)23-11-4-7-14(22)13(21)8-11/h2-8H,9H2,1H3,(H,23,27)(H,24,25,28). The first-order valence-corrected chi connectivity index (χ1v) is 11.5. The molecule has 0 fully saturated rings. The number of thiazole rings is 1. The van der Waals surface area contributed by atoms with Crippen LogP contribution in [0.5, 0.6) is 0 Å². The summed E-state index contributed by atoms with van der Waals surface area (Å²) in [6, 6.07) is 11.6. The third kappa shape index (κ3) is 4.72. The predicted molar refractivity (Wildman–Crippen MR) is 126 cm³/mol. The van der Waals surface area contributed by atoms with Crippen molar-refractivity contribution in [2.24, 2.45) is 0 Å². The summed E-state index contributed by atoms with van der Waals surface area (Å²) in [5, 5.41) is 2.83. The van der Waals surface area contributed by atoms with Gasteiger partial charge in [-0.2, -0.15) is 0 Å². The molecule has 2 heterocycles. The van der Waals surface area contributed by atoms with Gasteiger partial charge in [0.1, 0.15) is 10.5 Å². The molecular formula is C20H14ClFN4O2S3. The average molecular weight is 493 g/mol. The highest BCUT2D eigenvalue weighted by molar-refractivity contribution is 7.99. The minimum atomic E-state index is -0.567. The van der Waals surface area contributed by atoms with Crippen LogP contribution in [0.15, 0.2) is 52.4 Å². The molecule has 11 heteroatoms. The third-order valence-electron chi connectivity index (χ3n) is 4.26. The molecule has 0 saturated heterocycles. The minimum Gasteiger partial charge on any atom is -0.325 e. The number of carbonyl (C=O) groups excluding carboxylic acids is 1. The molecule has 0 unspecified atom stereocenters. The lowest BCUT2D eigenvalue weighted by Gasteiger charge is -2.07. The number of hydrogen-bond donors (Lipinski definition) is 2. The van der Waals surface area contributed by atoms with Crippen LogP contribution in [-0.4, -0.2) is 26.2 Å². The van der Waals surface area contributed by atoms with Gasteiger partial charge in [0.25, 0.3) is 5.56 Å². The fourth-order valence-corrected chi connectivity index (χ4v) is 4.90. The Kier molecular flexibility index (Phi) is 6.24. The van der Waals surface area contributed by atoms with E-state index in [0.29, 0.717) is 25.1 Å². The van der Waals surface area contributed by atoms with Crippen LogP contribution in [0, 0.1) is 16.7 Å². The fourth-order valence-electron chi connectivity index (χ4n) is 2.79. The number of aromatic nitrogens is 3. The van der Waals surface area contributed by atoms with Gasteiger partial charge < -0.3 is 10.3 Å². The molecule has 2 N–H and O–H groups in total. The van der Waals surface area contributed by atoms with Crippen LogP contribution in [0.3, 0.4) is 0 Å². The van der Waals surface area contributed by atoms with Crippen molar-refractivity contribution in [3.8, 4) is 5.69 Å². The first kappa shape index (κ1) is 21.7. The second kappa shape index (κ2) is 8.91. The summed E-state index contributed by atoms with van der Waals surface area (Å²) in [6.07, 6.45) is 0. The molecule has 0 aliphatic heterocycles. The maximum atomic E-state index is 13.2. The smallest absolute Gasteiger partial charge is 0.271 e. The number of carbonyl (C=O) groups is 1. The summed E-state index contributed by atoms with van der Waals surface area (Å²) < 4.78 is 15.9. The number of rotatable bonds is 5. The van der Waals surface area contributed by atoms with Crippen LogP contribution in [0.4, 0.5) is 10.1 Å². The number of nitrogens with one attached hydrogen (secondary N) is 2. The van der Waals surface area contributed by atoms with Crippen molar-refractivity contribution in [3.63, 3.8) is 0 Å². The molecule has 0 radical (unpaired) electrons. The summed E-state index contributed by atoms with van der Waals surface area (Å²) in [4.78, 5) is 32.0. The van der Waals surface area contributed by atoms with E-state index in [-0.39, 0.29) is 22.2 Å². The first-order chi connectivity index (χ1) is 14.8. The Morgan fingerprint density at radius 1 is 1.32 bits per heavy atom. The number of thioether (sulfide) groups is 1. The molecule has 0 saturated carbocycles. The van der Waals surface area contributed by atoms with E-state index >= 15 is 0 Å². The zero-order chi connectivity index (χ0) is 22.1. The molecule has 0 spiro atoms. The number of hydrogen-bond acceptors (Lipinski definition) is 6. The lowest BCUT2D eigenvalue weighted by Crippen LogP contribution is -2.15. The molecular weight excluding hydrogens is 479 g/mol. The second-order valence-electron chi connectivity index (χ2n) is 6.53. The highest BCUT2D eigenvalue weighted by Gasteiger charge is 2.15. The highest BCUT2D eigenvalue weighted by Crippen LogP contribution is 2.25. The normalized spacial score (nSPS) is 11.1. The van der Waals surface area contributed by atoms with Crippen molar-refractivity contribution >= 4 is 68.9 Å². The molecule has 0 bridgehead atoms. The summed E-state index contributed by atoms with van der Waals surface area (Å²) in [7, 11) is 0. The van der Waals surface area contributed by atoms with E-state index in [4.69, 9.17) is 23.8 Å². The molecule has 4 aromatic rings. The van der Waals surface area contributed by atoms with Crippen LogP contribution in [0.2, 0.25) is 5.02 Å². The molecule has 0 aliphatic carbocycles. The van der Waals surface area contributed by atoms with Crippen molar-refractivity contribution in [3.05, 3.63) is 73.2 Å². The number of fused-ring (bicyclic) bond motifs is 1. The van der Waals surface area contributed by atoms with Crippen molar-refractivity contribution in [2.45, 2.75) is 12.1 Å². The van der Waals surface area contributed by atoms with Crippen LogP contribution in [-0.2, 0) is 4.79 Å². The van der Waals surface area contributed by atoms with Gasteiger partial charge in [0, 0.05) is 11.4 Å². The highest BCUT2D eigenvalue weighted by atomic mass is 35.5. The molecule has 158 valence electrons. The molecule has 6 nitrogen and oxygen atoms in total. The first-order valence-electron chi connectivity index (χ1n) is 8.92. The number of benzene rings is 2. The van der Waals surface area contributed by atoms with Gasteiger partial charge in [-0.1, -0.05) is 52.4 Å². The van der Waals surface area contributed by atoms with E-state index < -0.39 is 5.82 Å². The lowest BCUT2D eigenvalue weighted by atomic mass is 10.2. The van der Waals surface area contributed by atoms with Gasteiger partial charge in [-0.25, -0.2) is 9.37 Å². The Morgan fingerprint density at radius 2 is 2.06 bits per heavy atom. The summed E-state index contributed by atoms with van der Waals surface area (Å²) in [5.74, 6) is -0.933. The molecule has 31 heavy (non-hydrogen) atoms. The van der Waals surface area contributed by atoms with E-state index in [1.165, 1.54) is 29.5 Å². The number of H-pyrrole nitrogens is 1. The van der Waals surface area contributed by atoms with Gasteiger partial charge in [0.15, 0.2) is 14.8 Å². The van der Waals surface area contributed by atoms with Gasteiger partial charge in [0.2, 0.25) is 5.91 Å². The third-order valence-corrected chi connectivity index (χ3v) is 6.78. The van der Waals surface area contributed by atoms with E-state index in [9.17, 15) is 14.0 Å². The van der Waals surface area contributed by atoms with Gasteiger partial charge in [-0.3, -0.25) is 14.2 Å². The topological polar surface area (TPSA) is 79.8 Å². The van der Waals surface area contributed by atoms with E-state index in [1.54, 1.807) is 4.57 Å². The van der Waals surface area contributed by atoms with E-state index in [1.807, 2.05) is 31.2 Å². The number of anilines is 1.